The zero-order valence-electron chi connectivity index (χ0n) is 15.1. The Morgan fingerprint density at radius 3 is 2.70 bits per heavy atom. The number of H-pyrrole nitrogens is 1. The summed E-state index contributed by atoms with van der Waals surface area (Å²) < 4.78 is 5.22. The number of benzene rings is 2. The monoisotopic (exact) mass is 376 g/mol. The standard InChI is InChI=1S/C21H20N4OS/c1-26-17-8-6-14(7-9-17)21-22-16(13-27-21)12-25-10-15(11-25)20-23-18-4-2-3-5-19(18)24-20/h2-9,13,15H,10-12H2,1H3,(H,23,24). The van der Waals surface area contributed by atoms with Crippen molar-refractivity contribution in [1.82, 2.24) is 19.9 Å². The zero-order chi connectivity index (χ0) is 18.2. The number of methoxy groups -OCH3 is 1. The molecule has 0 saturated carbocycles. The van der Waals surface area contributed by atoms with Crippen molar-refractivity contribution in [2.24, 2.45) is 0 Å². The molecule has 136 valence electrons. The minimum absolute atomic E-state index is 0.483. The van der Waals surface area contributed by atoms with Crippen molar-refractivity contribution in [3.05, 3.63) is 65.4 Å². The van der Waals surface area contributed by atoms with Gasteiger partial charge >= 0.3 is 0 Å². The maximum Gasteiger partial charge on any atom is 0.123 e. The fourth-order valence-electron chi connectivity index (χ4n) is 3.51. The van der Waals surface area contributed by atoms with E-state index in [0.717, 1.165) is 58.5 Å². The number of hydrogen-bond acceptors (Lipinski definition) is 5. The molecule has 0 spiro atoms. The van der Waals surface area contributed by atoms with Crippen molar-refractivity contribution < 1.29 is 4.74 Å². The van der Waals surface area contributed by atoms with Crippen LogP contribution in [0.1, 0.15) is 17.4 Å². The number of nitrogens with one attached hydrogen (secondary N) is 1. The number of ether oxygens (including phenoxy) is 1. The molecular formula is C21H20N4OS. The molecule has 4 aromatic rings. The molecule has 2 aromatic carbocycles. The van der Waals surface area contributed by atoms with E-state index in [2.05, 4.69) is 39.5 Å². The largest absolute Gasteiger partial charge is 0.497 e. The minimum atomic E-state index is 0.483. The molecule has 0 atom stereocenters. The highest BCUT2D eigenvalue weighted by atomic mass is 32.1. The number of para-hydroxylation sites is 2. The van der Waals surface area contributed by atoms with Crippen LogP contribution in [0.3, 0.4) is 0 Å². The first-order valence-corrected chi connectivity index (χ1v) is 9.92. The Hall–Kier alpha value is -2.70. The molecule has 27 heavy (non-hydrogen) atoms. The predicted octanol–water partition coefficient (Wildman–Crippen LogP) is 4.29. The van der Waals surface area contributed by atoms with E-state index in [9.17, 15) is 0 Å². The summed E-state index contributed by atoms with van der Waals surface area (Å²) in [4.78, 5) is 15.4. The number of aromatic nitrogens is 3. The van der Waals surface area contributed by atoms with Crippen molar-refractivity contribution in [2.75, 3.05) is 20.2 Å². The number of hydrogen-bond donors (Lipinski definition) is 1. The van der Waals surface area contributed by atoms with E-state index >= 15 is 0 Å². The number of fused-ring (bicyclic) bond motifs is 1. The van der Waals surface area contributed by atoms with E-state index in [1.165, 1.54) is 0 Å². The van der Waals surface area contributed by atoms with E-state index in [-0.39, 0.29) is 0 Å². The predicted molar refractivity (Wildman–Crippen MR) is 108 cm³/mol. The molecule has 2 aromatic heterocycles. The molecule has 3 heterocycles. The van der Waals surface area contributed by atoms with Crippen LogP contribution in [0.4, 0.5) is 0 Å². The van der Waals surface area contributed by atoms with Gasteiger partial charge in [0.05, 0.1) is 23.8 Å². The number of thiazole rings is 1. The molecule has 0 radical (unpaired) electrons. The molecule has 1 aliphatic heterocycles. The zero-order valence-corrected chi connectivity index (χ0v) is 15.9. The summed E-state index contributed by atoms with van der Waals surface area (Å²) in [6.45, 7) is 2.94. The van der Waals surface area contributed by atoms with Gasteiger partial charge in [-0.05, 0) is 36.4 Å². The lowest BCUT2D eigenvalue weighted by atomic mass is 9.99. The Labute approximate surface area is 161 Å². The molecule has 1 fully saturated rings. The van der Waals surface area contributed by atoms with Crippen LogP contribution >= 0.6 is 11.3 Å². The fraction of sp³-hybridized carbons (Fsp3) is 0.238. The first-order chi connectivity index (χ1) is 13.3. The van der Waals surface area contributed by atoms with Gasteiger partial charge in [0.1, 0.15) is 16.6 Å². The van der Waals surface area contributed by atoms with Gasteiger partial charge in [-0.25, -0.2) is 9.97 Å². The molecule has 1 N–H and O–H groups in total. The summed E-state index contributed by atoms with van der Waals surface area (Å²) in [6.07, 6.45) is 0. The van der Waals surface area contributed by atoms with Crippen LogP contribution in [-0.4, -0.2) is 40.1 Å². The minimum Gasteiger partial charge on any atom is -0.497 e. The van der Waals surface area contributed by atoms with Crippen molar-refractivity contribution in [3.8, 4) is 16.3 Å². The Morgan fingerprint density at radius 2 is 1.93 bits per heavy atom. The van der Waals surface area contributed by atoms with E-state index in [1.54, 1.807) is 18.4 Å². The van der Waals surface area contributed by atoms with Crippen molar-refractivity contribution >= 4 is 22.4 Å². The van der Waals surface area contributed by atoms with Crippen LogP contribution < -0.4 is 4.74 Å². The fourth-order valence-corrected chi connectivity index (χ4v) is 4.33. The first kappa shape index (κ1) is 16.5. The van der Waals surface area contributed by atoms with Gasteiger partial charge in [0, 0.05) is 36.5 Å². The second-order valence-corrected chi connectivity index (χ2v) is 7.76. The lowest BCUT2D eigenvalue weighted by Crippen LogP contribution is -2.44. The molecule has 6 heteroatoms. The van der Waals surface area contributed by atoms with Gasteiger partial charge in [0.25, 0.3) is 0 Å². The van der Waals surface area contributed by atoms with Gasteiger partial charge < -0.3 is 9.72 Å². The van der Waals surface area contributed by atoms with Crippen molar-refractivity contribution in [3.63, 3.8) is 0 Å². The van der Waals surface area contributed by atoms with E-state index in [1.807, 2.05) is 24.3 Å². The van der Waals surface area contributed by atoms with Crippen LogP contribution in [0.15, 0.2) is 53.9 Å². The highest BCUT2D eigenvalue weighted by molar-refractivity contribution is 7.13. The summed E-state index contributed by atoms with van der Waals surface area (Å²) in [5, 5.41) is 3.22. The van der Waals surface area contributed by atoms with Gasteiger partial charge in [0.15, 0.2) is 0 Å². The third-order valence-corrected chi connectivity index (χ3v) is 5.97. The summed E-state index contributed by atoms with van der Waals surface area (Å²) >= 11 is 1.70. The number of likely N-dealkylation sites (tertiary alicyclic amines) is 1. The Balaban J connectivity index is 1.22. The first-order valence-electron chi connectivity index (χ1n) is 9.04. The lowest BCUT2D eigenvalue weighted by molar-refractivity contribution is 0.134. The number of imidazole rings is 1. The molecule has 1 aliphatic rings. The van der Waals surface area contributed by atoms with Crippen LogP contribution in [0, 0.1) is 0 Å². The van der Waals surface area contributed by atoms with Gasteiger partial charge in [-0.2, -0.15) is 0 Å². The summed E-state index contributed by atoms with van der Waals surface area (Å²) in [5.41, 5.74) is 4.44. The molecular weight excluding hydrogens is 356 g/mol. The molecule has 5 nitrogen and oxygen atoms in total. The highest BCUT2D eigenvalue weighted by Crippen LogP contribution is 2.30. The lowest BCUT2D eigenvalue weighted by Gasteiger charge is -2.37. The van der Waals surface area contributed by atoms with Crippen LogP contribution in [0.5, 0.6) is 5.75 Å². The average molecular weight is 376 g/mol. The summed E-state index contributed by atoms with van der Waals surface area (Å²) in [5.74, 6) is 2.45. The maximum absolute atomic E-state index is 5.22. The average Bonchev–Trinajstić information content (AvgIpc) is 3.31. The van der Waals surface area contributed by atoms with E-state index in [4.69, 9.17) is 14.7 Å². The van der Waals surface area contributed by atoms with Gasteiger partial charge in [-0.15, -0.1) is 11.3 Å². The van der Waals surface area contributed by atoms with Crippen LogP contribution in [0.25, 0.3) is 21.6 Å². The third kappa shape index (κ3) is 3.22. The van der Waals surface area contributed by atoms with Crippen molar-refractivity contribution in [1.29, 1.82) is 0 Å². The van der Waals surface area contributed by atoms with Crippen LogP contribution in [-0.2, 0) is 6.54 Å². The SMILES string of the molecule is COc1ccc(-c2nc(CN3CC(c4nc5ccccc5[nH]4)C3)cs2)cc1. The molecule has 0 unspecified atom stereocenters. The second kappa shape index (κ2) is 6.79. The molecule has 0 aliphatic carbocycles. The topological polar surface area (TPSA) is 54.0 Å². The smallest absolute Gasteiger partial charge is 0.123 e. The quantitative estimate of drug-likeness (QED) is 0.564. The van der Waals surface area contributed by atoms with Gasteiger partial charge in [0.2, 0.25) is 0 Å². The van der Waals surface area contributed by atoms with E-state index < -0.39 is 0 Å². The normalized spacial score (nSPS) is 15.1. The number of rotatable bonds is 5. The Kier molecular flexibility index (Phi) is 4.14. The molecule has 1 saturated heterocycles. The van der Waals surface area contributed by atoms with Crippen LogP contribution in [0.2, 0.25) is 0 Å². The van der Waals surface area contributed by atoms with Gasteiger partial charge in [-0.1, -0.05) is 12.1 Å². The van der Waals surface area contributed by atoms with Crippen molar-refractivity contribution in [2.45, 2.75) is 12.5 Å². The van der Waals surface area contributed by atoms with Gasteiger partial charge in [-0.3, -0.25) is 4.90 Å². The summed E-state index contributed by atoms with van der Waals surface area (Å²) in [7, 11) is 1.68. The Bertz CT molecular complexity index is 1030. The third-order valence-electron chi connectivity index (χ3n) is 5.03. The number of aromatic amines is 1. The molecule has 0 bridgehead atoms. The molecule has 0 amide bonds. The summed E-state index contributed by atoms with van der Waals surface area (Å²) in [6, 6.07) is 16.3. The molecule has 5 rings (SSSR count). The maximum atomic E-state index is 5.22. The Morgan fingerprint density at radius 1 is 1.11 bits per heavy atom. The van der Waals surface area contributed by atoms with E-state index in [0.29, 0.717) is 5.92 Å². The number of nitrogens with zero attached hydrogens (tertiary/aromatic N) is 3. The second-order valence-electron chi connectivity index (χ2n) is 6.90. The highest BCUT2D eigenvalue weighted by Gasteiger charge is 2.30.